The van der Waals surface area contributed by atoms with Crippen LogP contribution in [-0.4, -0.2) is 37.8 Å². The van der Waals surface area contributed by atoms with E-state index in [1.165, 1.54) is 0 Å². The van der Waals surface area contributed by atoms with Crippen LogP contribution in [0.1, 0.15) is 44.9 Å². The fraction of sp³-hybridized carbons (Fsp3) is 0.562. The van der Waals surface area contributed by atoms with Gasteiger partial charge in [0.15, 0.2) is 5.82 Å². The number of hydrogen-bond acceptors (Lipinski definition) is 4. The molecule has 2 aliphatic rings. The van der Waals surface area contributed by atoms with Crippen molar-refractivity contribution in [2.24, 2.45) is 5.41 Å². The van der Waals surface area contributed by atoms with Gasteiger partial charge in [0, 0.05) is 36.3 Å². The van der Waals surface area contributed by atoms with Crippen LogP contribution in [0.15, 0.2) is 17.0 Å². The maximum absolute atomic E-state index is 12.6. The Labute approximate surface area is 143 Å². The number of amides is 1. The number of carbonyl (C=O) groups is 1. The summed E-state index contributed by atoms with van der Waals surface area (Å²) in [6, 6.07) is 0.384. The predicted molar refractivity (Wildman–Crippen MR) is 91.0 cm³/mol. The van der Waals surface area contributed by atoms with Crippen molar-refractivity contribution in [2.45, 2.75) is 45.1 Å². The Balaban J connectivity index is 1.71. The number of carbonyl (C=O) groups excluding carboxylic acids is 1. The monoisotopic (exact) mass is 377 g/mol. The number of imidazole rings is 1. The minimum Gasteiger partial charge on any atom is -0.382 e. The molecule has 2 aromatic rings. The third kappa shape index (κ3) is 2.16. The molecule has 0 aromatic carbocycles. The highest BCUT2D eigenvalue weighted by Gasteiger charge is 2.48. The van der Waals surface area contributed by atoms with Crippen molar-refractivity contribution in [3.05, 3.63) is 22.8 Å². The van der Waals surface area contributed by atoms with Crippen LogP contribution in [0.2, 0.25) is 0 Å². The zero-order valence-electron chi connectivity index (χ0n) is 13.3. The van der Waals surface area contributed by atoms with E-state index in [2.05, 4.69) is 44.6 Å². The van der Waals surface area contributed by atoms with Gasteiger partial charge >= 0.3 is 0 Å². The molecule has 1 amide bonds. The number of halogens is 1. The van der Waals surface area contributed by atoms with E-state index in [0.717, 1.165) is 37.1 Å². The molecule has 6 nitrogen and oxygen atoms in total. The van der Waals surface area contributed by atoms with Gasteiger partial charge in [-0.1, -0.05) is 13.8 Å². The third-order valence-electron chi connectivity index (χ3n) is 5.22. The number of nitrogens with zero attached hydrogens (tertiary/aromatic N) is 4. The predicted octanol–water partition coefficient (Wildman–Crippen LogP) is 2.58. The van der Waals surface area contributed by atoms with Crippen LogP contribution in [0.5, 0.6) is 0 Å². The number of nitrogen functional groups attached to an aromatic ring is 1. The van der Waals surface area contributed by atoms with E-state index in [-0.39, 0.29) is 17.2 Å². The summed E-state index contributed by atoms with van der Waals surface area (Å²) in [6.45, 7) is 4.84. The Kier molecular flexibility index (Phi) is 3.20. The summed E-state index contributed by atoms with van der Waals surface area (Å²) in [5, 5.41) is 0. The summed E-state index contributed by atoms with van der Waals surface area (Å²) in [5.41, 5.74) is 6.55. The highest BCUT2D eigenvalue weighted by atomic mass is 79.9. The molecule has 2 fully saturated rings. The molecule has 0 unspecified atom stereocenters. The number of anilines is 1. The second-order valence-corrected chi connectivity index (χ2v) is 8.02. The molecule has 2 aromatic heterocycles. The molecule has 2 atom stereocenters. The maximum Gasteiger partial charge on any atom is 0.228 e. The van der Waals surface area contributed by atoms with Gasteiger partial charge in [0.2, 0.25) is 5.91 Å². The lowest BCUT2D eigenvalue weighted by molar-refractivity contribution is -0.136. The molecule has 7 heteroatoms. The molecule has 2 saturated heterocycles. The average molecular weight is 378 g/mol. The first kappa shape index (κ1) is 14.9. The smallest absolute Gasteiger partial charge is 0.228 e. The second-order valence-electron chi connectivity index (χ2n) is 7.27. The van der Waals surface area contributed by atoms with E-state index in [1.807, 2.05) is 10.6 Å². The zero-order chi connectivity index (χ0) is 16.4. The Morgan fingerprint density at radius 3 is 2.96 bits per heavy atom. The number of nitrogens with two attached hydrogens (primary N) is 1. The van der Waals surface area contributed by atoms with Crippen LogP contribution in [0, 0.1) is 5.41 Å². The van der Waals surface area contributed by atoms with Crippen molar-refractivity contribution < 1.29 is 4.79 Å². The Morgan fingerprint density at radius 1 is 1.39 bits per heavy atom. The van der Waals surface area contributed by atoms with Crippen LogP contribution in [0.25, 0.3) is 5.52 Å². The SMILES string of the molecule is CC1(C)C[C@H]2CC[C@H](c3nc(Br)c4c(N)nccn34)CN2C1=O. The molecule has 0 spiro atoms. The summed E-state index contributed by atoms with van der Waals surface area (Å²) >= 11 is 3.49. The standard InChI is InChI=1S/C16H20BrN5O/c1-16(2)7-10-4-3-9(8-22(10)15(16)23)14-20-12(17)11-13(18)19-5-6-21(11)14/h5-6,9-10H,3-4,7-8H2,1-2H3,(H2,18,19)/t9-,10+/m0/s1. The van der Waals surface area contributed by atoms with Crippen molar-refractivity contribution in [3.63, 3.8) is 0 Å². The fourth-order valence-corrected chi connectivity index (χ4v) is 4.67. The normalized spacial score (nSPS) is 26.7. The van der Waals surface area contributed by atoms with Crippen LogP contribution in [0.4, 0.5) is 5.82 Å². The van der Waals surface area contributed by atoms with Gasteiger partial charge in [0.1, 0.15) is 15.9 Å². The van der Waals surface area contributed by atoms with Gasteiger partial charge in [-0.05, 0) is 35.2 Å². The van der Waals surface area contributed by atoms with Crippen molar-refractivity contribution in [1.82, 2.24) is 19.3 Å². The molecule has 0 bridgehead atoms. The van der Waals surface area contributed by atoms with Gasteiger partial charge in [-0.2, -0.15) is 0 Å². The Morgan fingerprint density at radius 2 is 2.17 bits per heavy atom. The first-order valence-electron chi connectivity index (χ1n) is 7.97. The summed E-state index contributed by atoms with van der Waals surface area (Å²) in [7, 11) is 0. The molecule has 122 valence electrons. The van der Waals surface area contributed by atoms with Gasteiger partial charge in [-0.25, -0.2) is 9.97 Å². The minimum atomic E-state index is -0.233. The van der Waals surface area contributed by atoms with Gasteiger partial charge < -0.3 is 10.6 Å². The van der Waals surface area contributed by atoms with Crippen molar-refractivity contribution in [3.8, 4) is 0 Å². The summed E-state index contributed by atoms with van der Waals surface area (Å²) in [6.07, 6.45) is 6.61. The molecule has 2 aliphatic heterocycles. The van der Waals surface area contributed by atoms with Crippen molar-refractivity contribution in [2.75, 3.05) is 12.3 Å². The first-order chi connectivity index (χ1) is 10.9. The summed E-state index contributed by atoms with van der Waals surface area (Å²) < 4.78 is 2.72. The lowest BCUT2D eigenvalue weighted by atomic mass is 9.87. The molecule has 4 heterocycles. The van der Waals surface area contributed by atoms with Crippen LogP contribution < -0.4 is 5.73 Å². The highest BCUT2D eigenvalue weighted by Crippen LogP contribution is 2.43. The van der Waals surface area contributed by atoms with E-state index in [9.17, 15) is 4.79 Å². The Bertz CT molecular complexity index is 799. The second kappa shape index (κ2) is 4.93. The molecule has 0 saturated carbocycles. The van der Waals surface area contributed by atoms with Crippen LogP contribution >= 0.6 is 15.9 Å². The fourth-order valence-electron chi connectivity index (χ4n) is 4.09. The van der Waals surface area contributed by atoms with Crippen LogP contribution in [0.3, 0.4) is 0 Å². The number of rotatable bonds is 1. The Hall–Kier alpha value is -1.63. The lowest BCUT2D eigenvalue weighted by Crippen LogP contribution is -2.42. The topological polar surface area (TPSA) is 76.5 Å². The number of aromatic nitrogens is 3. The average Bonchev–Trinajstić information content (AvgIpc) is 2.95. The van der Waals surface area contributed by atoms with Crippen LogP contribution in [-0.2, 0) is 4.79 Å². The van der Waals surface area contributed by atoms with E-state index >= 15 is 0 Å². The van der Waals surface area contributed by atoms with Gasteiger partial charge in [-0.3, -0.25) is 9.20 Å². The lowest BCUT2D eigenvalue weighted by Gasteiger charge is -2.34. The minimum absolute atomic E-state index is 0.227. The number of hydrogen-bond donors (Lipinski definition) is 1. The molecule has 4 rings (SSSR count). The zero-order valence-corrected chi connectivity index (χ0v) is 14.9. The summed E-state index contributed by atoms with van der Waals surface area (Å²) in [4.78, 5) is 23.5. The quantitative estimate of drug-likeness (QED) is 0.828. The van der Waals surface area contributed by atoms with Gasteiger partial charge in [0.25, 0.3) is 0 Å². The molecular weight excluding hydrogens is 358 g/mol. The first-order valence-corrected chi connectivity index (χ1v) is 8.77. The molecule has 0 aliphatic carbocycles. The van der Waals surface area contributed by atoms with E-state index in [4.69, 9.17) is 5.73 Å². The van der Waals surface area contributed by atoms with E-state index in [1.54, 1.807) is 6.20 Å². The number of fused-ring (bicyclic) bond motifs is 2. The maximum atomic E-state index is 12.6. The summed E-state index contributed by atoms with van der Waals surface area (Å²) in [5.74, 6) is 1.92. The molecule has 0 radical (unpaired) electrons. The van der Waals surface area contributed by atoms with Crippen molar-refractivity contribution >= 4 is 33.2 Å². The molecule has 23 heavy (non-hydrogen) atoms. The van der Waals surface area contributed by atoms with Crippen molar-refractivity contribution in [1.29, 1.82) is 0 Å². The highest BCUT2D eigenvalue weighted by molar-refractivity contribution is 9.10. The molecular formula is C16H20BrN5O. The van der Waals surface area contributed by atoms with Gasteiger partial charge in [-0.15, -0.1) is 0 Å². The largest absolute Gasteiger partial charge is 0.382 e. The van der Waals surface area contributed by atoms with E-state index in [0.29, 0.717) is 16.5 Å². The van der Waals surface area contributed by atoms with E-state index < -0.39 is 0 Å². The number of piperidine rings is 1. The molecule has 2 N–H and O–H groups in total. The third-order valence-corrected chi connectivity index (χ3v) is 5.78. The van der Waals surface area contributed by atoms with Gasteiger partial charge in [0.05, 0.1) is 0 Å².